The first-order valence-corrected chi connectivity index (χ1v) is 7.98. The molecule has 0 saturated carbocycles. The first-order valence-electron chi connectivity index (χ1n) is 7.98. The molecule has 1 aromatic carbocycles. The Hall–Kier alpha value is -0.835. The van der Waals surface area contributed by atoms with Gasteiger partial charge >= 0.3 is 7.05 Å². The minimum absolute atomic E-state index is 0.293. The third-order valence-corrected chi connectivity index (χ3v) is 4.86. The van der Waals surface area contributed by atoms with Gasteiger partial charge in [-0.3, -0.25) is 0 Å². The lowest BCUT2D eigenvalue weighted by Gasteiger charge is -2.25. The summed E-state index contributed by atoms with van der Waals surface area (Å²) in [5, 5.41) is 13.5. The van der Waals surface area contributed by atoms with E-state index < -0.39 is 0 Å². The van der Waals surface area contributed by atoms with Gasteiger partial charge in [-0.05, 0) is 63.1 Å². The van der Waals surface area contributed by atoms with Crippen LogP contribution >= 0.6 is 0 Å². The van der Waals surface area contributed by atoms with Crippen LogP contribution < -0.4 is 5.32 Å². The highest BCUT2D eigenvalue weighted by molar-refractivity contribution is 6.45. The van der Waals surface area contributed by atoms with Crippen LogP contribution in [0.4, 0.5) is 0 Å². The molecule has 0 amide bonds. The molecule has 1 aliphatic heterocycles. The summed E-state index contributed by atoms with van der Waals surface area (Å²) in [5.41, 5.74) is 3.02. The SMILES string of the molecule is CB(O)N1CCCC1CCNC1Cc2ccccc2C1. The van der Waals surface area contributed by atoms with E-state index in [1.807, 2.05) is 6.82 Å². The van der Waals surface area contributed by atoms with Crippen molar-refractivity contribution in [2.45, 2.75) is 51.0 Å². The van der Waals surface area contributed by atoms with E-state index >= 15 is 0 Å². The van der Waals surface area contributed by atoms with E-state index in [1.54, 1.807) is 0 Å². The highest BCUT2D eigenvalue weighted by Gasteiger charge is 2.29. The van der Waals surface area contributed by atoms with Gasteiger partial charge in [0.25, 0.3) is 0 Å². The van der Waals surface area contributed by atoms with Gasteiger partial charge < -0.3 is 15.2 Å². The first-order chi connectivity index (χ1) is 9.74. The van der Waals surface area contributed by atoms with Crippen molar-refractivity contribution in [2.75, 3.05) is 13.1 Å². The Balaban J connectivity index is 1.43. The molecule has 1 saturated heterocycles. The highest BCUT2D eigenvalue weighted by Crippen LogP contribution is 2.23. The van der Waals surface area contributed by atoms with E-state index in [9.17, 15) is 5.02 Å². The average Bonchev–Trinajstić information content (AvgIpc) is 3.04. The molecular weight excluding hydrogens is 247 g/mol. The smallest absolute Gasteiger partial charge is 0.376 e. The molecule has 0 radical (unpaired) electrons. The summed E-state index contributed by atoms with van der Waals surface area (Å²) in [4.78, 5) is 2.24. The standard InChI is InChI=1S/C16H25BN2O/c1-17(20)19-10-4-7-16(19)8-9-18-15-11-13-5-2-3-6-14(13)12-15/h2-3,5-6,15-16,18,20H,4,7-12H2,1H3. The van der Waals surface area contributed by atoms with E-state index in [-0.39, 0.29) is 7.05 Å². The molecule has 0 aromatic heterocycles. The molecule has 2 aliphatic rings. The molecule has 2 N–H and O–H groups in total. The molecule has 1 aliphatic carbocycles. The predicted molar refractivity (Wildman–Crippen MR) is 83.8 cm³/mol. The van der Waals surface area contributed by atoms with Gasteiger partial charge in [0.2, 0.25) is 0 Å². The summed E-state index contributed by atoms with van der Waals surface area (Å²) < 4.78 is 0. The zero-order valence-corrected chi connectivity index (χ0v) is 12.4. The maximum Gasteiger partial charge on any atom is 0.376 e. The Kier molecular flexibility index (Phi) is 4.44. The normalized spacial score (nSPS) is 23.2. The van der Waals surface area contributed by atoms with E-state index in [0.29, 0.717) is 12.1 Å². The minimum atomic E-state index is -0.293. The highest BCUT2D eigenvalue weighted by atomic mass is 16.2. The third-order valence-electron chi connectivity index (χ3n) is 4.86. The van der Waals surface area contributed by atoms with E-state index in [1.165, 1.54) is 36.8 Å². The minimum Gasteiger partial charge on any atom is -0.437 e. The van der Waals surface area contributed by atoms with Crippen LogP contribution in [0.15, 0.2) is 24.3 Å². The lowest BCUT2D eigenvalue weighted by molar-refractivity contribution is 0.323. The molecule has 20 heavy (non-hydrogen) atoms. The Labute approximate surface area is 122 Å². The summed E-state index contributed by atoms with van der Waals surface area (Å²) in [7, 11) is -0.293. The summed E-state index contributed by atoms with van der Waals surface area (Å²) in [6, 6.07) is 9.95. The van der Waals surface area contributed by atoms with Gasteiger partial charge in [-0.15, -0.1) is 0 Å². The van der Waals surface area contributed by atoms with Crippen LogP contribution in [0.5, 0.6) is 0 Å². The van der Waals surface area contributed by atoms with Crippen LogP contribution in [-0.4, -0.2) is 42.1 Å². The quantitative estimate of drug-likeness (QED) is 0.801. The van der Waals surface area contributed by atoms with Crippen molar-refractivity contribution in [3.05, 3.63) is 35.4 Å². The van der Waals surface area contributed by atoms with Crippen LogP contribution in [0.3, 0.4) is 0 Å². The molecule has 1 heterocycles. The second kappa shape index (κ2) is 6.29. The van der Waals surface area contributed by atoms with Crippen molar-refractivity contribution in [1.29, 1.82) is 0 Å². The van der Waals surface area contributed by atoms with Crippen molar-refractivity contribution < 1.29 is 5.02 Å². The summed E-state index contributed by atoms with van der Waals surface area (Å²) >= 11 is 0. The number of fused-ring (bicyclic) bond motifs is 1. The van der Waals surface area contributed by atoms with Crippen molar-refractivity contribution in [1.82, 2.24) is 10.1 Å². The molecule has 108 valence electrons. The zero-order valence-electron chi connectivity index (χ0n) is 12.4. The number of hydrogen-bond donors (Lipinski definition) is 2. The van der Waals surface area contributed by atoms with Crippen LogP contribution in [-0.2, 0) is 12.8 Å². The van der Waals surface area contributed by atoms with Crippen molar-refractivity contribution in [3.63, 3.8) is 0 Å². The van der Waals surface area contributed by atoms with Gasteiger partial charge in [-0.2, -0.15) is 0 Å². The van der Waals surface area contributed by atoms with Crippen LogP contribution in [0.1, 0.15) is 30.4 Å². The monoisotopic (exact) mass is 272 g/mol. The fourth-order valence-electron chi connectivity index (χ4n) is 3.82. The molecule has 3 nitrogen and oxygen atoms in total. The Morgan fingerprint density at radius 3 is 2.65 bits per heavy atom. The lowest BCUT2D eigenvalue weighted by atomic mass is 9.84. The molecule has 1 atom stereocenters. The Morgan fingerprint density at radius 1 is 1.30 bits per heavy atom. The maximum atomic E-state index is 9.76. The van der Waals surface area contributed by atoms with E-state index in [2.05, 4.69) is 34.4 Å². The number of benzene rings is 1. The van der Waals surface area contributed by atoms with Crippen LogP contribution in [0.25, 0.3) is 0 Å². The molecule has 4 heteroatoms. The second-order valence-electron chi connectivity index (χ2n) is 6.28. The number of nitrogens with one attached hydrogen (secondary N) is 1. The Morgan fingerprint density at radius 2 is 2.00 bits per heavy atom. The Bertz CT molecular complexity index is 427. The molecule has 1 unspecified atom stereocenters. The van der Waals surface area contributed by atoms with Crippen molar-refractivity contribution >= 4 is 7.05 Å². The molecule has 0 bridgehead atoms. The van der Waals surface area contributed by atoms with Gasteiger partial charge in [0.05, 0.1) is 0 Å². The predicted octanol–water partition coefficient (Wildman–Crippen LogP) is 1.71. The van der Waals surface area contributed by atoms with Gasteiger partial charge in [0, 0.05) is 12.1 Å². The van der Waals surface area contributed by atoms with Crippen LogP contribution in [0.2, 0.25) is 6.82 Å². The van der Waals surface area contributed by atoms with Gasteiger partial charge in [-0.25, -0.2) is 0 Å². The van der Waals surface area contributed by atoms with Crippen LogP contribution in [0, 0.1) is 0 Å². The summed E-state index contributed by atoms with van der Waals surface area (Å²) in [5.74, 6) is 0. The number of rotatable bonds is 5. The maximum absolute atomic E-state index is 9.76. The lowest BCUT2D eigenvalue weighted by Crippen LogP contribution is -2.42. The fourth-order valence-corrected chi connectivity index (χ4v) is 3.82. The van der Waals surface area contributed by atoms with Crippen molar-refractivity contribution in [2.24, 2.45) is 0 Å². The zero-order chi connectivity index (χ0) is 13.9. The van der Waals surface area contributed by atoms with Gasteiger partial charge in [0.15, 0.2) is 0 Å². The molecule has 3 rings (SSSR count). The third kappa shape index (κ3) is 3.08. The van der Waals surface area contributed by atoms with Gasteiger partial charge in [0.1, 0.15) is 0 Å². The second-order valence-corrected chi connectivity index (χ2v) is 6.28. The molecule has 0 spiro atoms. The first kappa shape index (κ1) is 14.1. The average molecular weight is 272 g/mol. The fraction of sp³-hybridized carbons (Fsp3) is 0.625. The number of hydrogen-bond acceptors (Lipinski definition) is 3. The number of nitrogens with zero attached hydrogens (tertiary/aromatic N) is 1. The molecule has 1 fully saturated rings. The van der Waals surface area contributed by atoms with E-state index in [0.717, 1.165) is 19.5 Å². The van der Waals surface area contributed by atoms with E-state index in [4.69, 9.17) is 0 Å². The van der Waals surface area contributed by atoms with Gasteiger partial charge in [-0.1, -0.05) is 24.3 Å². The topological polar surface area (TPSA) is 35.5 Å². The summed E-state index contributed by atoms with van der Waals surface area (Å²) in [6.45, 7) is 4.00. The largest absolute Gasteiger partial charge is 0.437 e. The molecular formula is C16H25BN2O. The summed E-state index contributed by atoms with van der Waals surface area (Å²) in [6.07, 6.45) is 5.95. The van der Waals surface area contributed by atoms with Crippen molar-refractivity contribution in [3.8, 4) is 0 Å². The molecule has 1 aromatic rings.